The van der Waals surface area contributed by atoms with Gasteiger partial charge in [0.1, 0.15) is 41.3 Å². The molecule has 7 nitrogen and oxygen atoms in total. The Bertz CT molecular complexity index is 1340. The molecule has 0 aliphatic carbocycles. The molecule has 0 saturated heterocycles. The van der Waals surface area contributed by atoms with Crippen LogP contribution in [0.15, 0.2) is 78.0 Å². The summed E-state index contributed by atoms with van der Waals surface area (Å²) in [6.07, 6.45) is 3.50. The van der Waals surface area contributed by atoms with Gasteiger partial charge in [-0.05, 0) is 42.0 Å². The van der Waals surface area contributed by atoms with Gasteiger partial charge in [-0.3, -0.25) is 4.98 Å². The number of allylic oxidation sites excluding steroid dienone is 1. The van der Waals surface area contributed by atoms with Gasteiger partial charge in [0.2, 0.25) is 5.88 Å². The first-order valence-electron chi connectivity index (χ1n) is 10.3. The van der Waals surface area contributed by atoms with Crippen LogP contribution in [0.5, 0.6) is 17.2 Å². The fourth-order valence-corrected chi connectivity index (χ4v) is 4.29. The van der Waals surface area contributed by atoms with E-state index in [1.165, 1.54) is 0 Å². The second-order valence-electron chi connectivity index (χ2n) is 7.63. The lowest BCUT2D eigenvalue weighted by atomic mass is 9.80. The molecule has 5 rings (SSSR count). The molecule has 0 bridgehead atoms. The van der Waals surface area contributed by atoms with Crippen LogP contribution in [-0.4, -0.2) is 25.8 Å². The summed E-state index contributed by atoms with van der Waals surface area (Å²) < 4.78 is 23.0. The monoisotopic (exact) mass is 439 g/mol. The number of methoxy groups -OCH3 is 2. The van der Waals surface area contributed by atoms with E-state index in [-0.39, 0.29) is 12.5 Å². The van der Waals surface area contributed by atoms with Crippen molar-refractivity contribution in [3.05, 3.63) is 89.1 Å². The Morgan fingerprint density at radius 3 is 2.70 bits per heavy atom. The molecule has 0 fully saturated rings. The number of hydrogen-bond donors (Lipinski definition) is 1. The molecule has 1 aromatic heterocycles. The molecule has 0 radical (unpaired) electrons. The van der Waals surface area contributed by atoms with E-state index in [2.05, 4.69) is 11.1 Å². The largest absolute Gasteiger partial charge is 0.497 e. The average molecular weight is 439 g/mol. The van der Waals surface area contributed by atoms with Gasteiger partial charge in [-0.25, -0.2) is 0 Å². The van der Waals surface area contributed by atoms with Gasteiger partial charge >= 0.3 is 0 Å². The molecule has 0 spiro atoms. The summed E-state index contributed by atoms with van der Waals surface area (Å²) in [7, 11) is 3.23. The zero-order valence-electron chi connectivity index (χ0n) is 18.2. The SMILES string of the molecule is COc1ccc2c(c1)C1=C(CO2)C(c2ccc(OC)c(-c3cccnc3)c2)C(C#N)=C(N)O1. The van der Waals surface area contributed by atoms with Gasteiger partial charge in [-0.1, -0.05) is 12.1 Å². The van der Waals surface area contributed by atoms with Crippen molar-refractivity contribution in [3.63, 3.8) is 0 Å². The van der Waals surface area contributed by atoms with Gasteiger partial charge in [0.15, 0.2) is 0 Å². The molecule has 2 aliphatic rings. The standard InChI is InChI=1S/C26H21N3O4/c1-30-17-6-8-23-19(11-17)25-21(14-32-23)24(20(12-27)26(28)33-25)15-5-7-22(31-2)18(10-15)16-4-3-9-29-13-16/h3-11,13,24H,14,28H2,1-2H3. The molecule has 3 heterocycles. The summed E-state index contributed by atoms with van der Waals surface area (Å²) in [5, 5.41) is 9.96. The van der Waals surface area contributed by atoms with Crippen molar-refractivity contribution in [1.82, 2.24) is 4.98 Å². The van der Waals surface area contributed by atoms with Gasteiger partial charge in [0, 0.05) is 29.1 Å². The van der Waals surface area contributed by atoms with Crippen molar-refractivity contribution in [2.24, 2.45) is 5.73 Å². The van der Waals surface area contributed by atoms with Crippen molar-refractivity contribution in [1.29, 1.82) is 5.26 Å². The Morgan fingerprint density at radius 1 is 1.09 bits per heavy atom. The van der Waals surface area contributed by atoms with E-state index in [0.29, 0.717) is 28.6 Å². The summed E-state index contributed by atoms with van der Waals surface area (Å²) in [6, 6.07) is 17.4. The minimum absolute atomic E-state index is 0.0793. The predicted octanol–water partition coefficient (Wildman–Crippen LogP) is 4.38. The summed E-state index contributed by atoms with van der Waals surface area (Å²) in [4.78, 5) is 4.23. The first-order chi connectivity index (χ1) is 16.1. The van der Waals surface area contributed by atoms with Crippen LogP contribution in [0.3, 0.4) is 0 Å². The molecule has 3 aromatic rings. The normalized spacial score (nSPS) is 16.7. The molecule has 0 saturated carbocycles. The minimum atomic E-state index is -0.431. The van der Waals surface area contributed by atoms with Crippen LogP contribution >= 0.6 is 0 Å². The zero-order chi connectivity index (χ0) is 22.9. The molecule has 33 heavy (non-hydrogen) atoms. The van der Waals surface area contributed by atoms with Gasteiger partial charge < -0.3 is 24.7 Å². The minimum Gasteiger partial charge on any atom is -0.497 e. The third-order valence-corrected chi connectivity index (χ3v) is 5.87. The maximum atomic E-state index is 9.96. The van der Waals surface area contributed by atoms with Crippen LogP contribution in [0.1, 0.15) is 17.0 Å². The number of hydrogen-bond acceptors (Lipinski definition) is 7. The fraction of sp³-hybridized carbons (Fsp3) is 0.154. The number of fused-ring (bicyclic) bond motifs is 2. The molecular formula is C26H21N3O4. The molecule has 1 unspecified atom stereocenters. The first kappa shape index (κ1) is 20.5. The van der Waals surface area contributed by atoms with Crippen LogP contribution in [0, 0.1) is 11.3 Å². The Hall–Kier alpha value is -4.44. The third kappa shape index (κ3) is 3.42. The molecule has 0 amide bonds. The quantitative estimate of drug-likeness (QED) is 0.644. The molecule has 2 N–H and O–H groups in total. The van der Waals surface area contributed by atoms with E-state index in [1.807, 2.05) is 48.5 Å². The lowest BCUT2D eigenvalue weighted by Crippen LogP contribution is -2.26. The summed E-state index contributed by atoms with van der Waals surface area (Å²) in [5.41, 5.74) is 10.8. The number of ether oxygens (including phenoxy) is 4. The van der Waals surface area contributed by atoms with Crippen LogP contribution in [0.2, 0.25) is 0 Å². The zero-order valence-corrected chi connectivity index (χ0v) is 18.2. The Kier molecular flexibility index (Phi) is 5.11. The van der Waals surface area contributed by atoms with Gasteiger partial charge in [-0.2, -0.15) is 5.26 Å². The Labute approximate surface area is 191 Å². The van der Waals surface area contributed by atoms with E-state index >= 15 is 0 Å². The van der Waals surface area contributed by atoms with Crippen LogP contribution in [0.25, 0.3) is 16.9 Å². The highest BCUT2D eigenvalue weighted by Gasteiger charge is 2.37. The number of rotatable bonds is 4. The molecule has 2 aliphatic heterocycles. The second-order valence-corrected chi connectivity index (χ2v) is 7.63. The van der Waals surface area contributed by atoms with Crippen LogP contribution in [-0.2, 0) is 4.74 Å². The first-order valence-corrected chi connectivity index (χ1v) is 10.3. The maximum absolute atomic E-state index is 9.96. The van der Waals surface area contributed by atoms with Crippen molar-refractivity contribution >= 4 is 5.76 Å². The summed E-state index contributed by atoms with van der Waals surface area (Å²) in [5.74, 6) is 2.29. The van der Waals surface area contributed by atoms with Crippen LogP contribution < -0.4 is 19.9 Å². The highest BCUT2D eigenvalue weighted by molar-refractivity contribution is 5.78. The smallest absolute Gasteiger partial charge is 0.205 e. The highest BCUT2D eigenvalue weighted by atomic mass is 16.5. The average Bonchev–Trinajstić information content (AvgIpc) is 2.87. The summed E-state index contributed by atoms with van der Waals surface area (Å²) >= 11 is 0. The van der Waals surface area contributed by atoms with Gasteiger partial charge in [0.05, 0.1) is 25.7 Å². The third-order valence-electron chi connectivity index (χ3n) is 5.87. The molecular weight excluding hydrogens is 418 g/mol. The van der Waals surface area contributed by atoms with Gasteiger partial charge in [0.25, 0.3) is 0 Å². The molecule has 7 heteroatoms. The Morgan fingerprint density at radius 2 is 1.97 bits per heavy atom. The number of benzene rings is 2. The van der Waals surface area contributed by atoms with Crippen molar-refractivity contribution in [3.8, 4) is 34.4 Å². The predicted molar refractivity (Wildman–Crippen MR) is 122 cm³/mol. The number of nitrogens with zero attached hydrogens (tertiary/aromatic N) is 2. The van der Waals surface area contributed by atoms with Crippen molar-refractivity contribution in [2.75, 3.05) is 20.8 Å². The molecule has 1 atom stereocenters. The van der Waals surface area contributed by atoms with Crippen LogP contribution in [0.4, 0.5) is 0 Å². The number of nitrogens with two attached hydrogens (primary N) is 1. The lowest BCUT2D eigenvalue weighted by Gasteiger charge is -2.33. The lowest BCUT2D eigenvalue weighted by molar-refractivity contribution is 0.293. The molecule has 2 aromatic carbocycles. The molecule has 164 valence electrons. The van der Waals surface area contributed by atoms with E-state index in [0.717, 1.165) is 27.8 Å². The van der Waals surface area contributed by atoms with Crippen molar-refractivity contribution < 1.29 is 18.9 Å². The van der Waals surface area contributed by atoms with E-state index < -0.39 is 5.92 Å². The van der Waals surface area contributed by atoms with Crippen molar-refractivity contribution in [2.45, 2.75) is 5.92 Å². The second kappa shape index (κ2) is 8.24. The fourth-order valence-electron chi connectivity index (χ4n) is 4.29. The van der Waals surface area contributed by atoms with E-state index in [1.54, 1.807) is 26.6 Å². The number of pyridine rings is 1. The topological polar surface area (TPSA) is 99.6 Å². The number of aromatic nitrogens is 1. The van der Waals surface area contributed by atoms with E-state index in [4.69, 9.17) is 24.7 Å². The van der Waals surface area contributed by atoms with Gasteiger partial charge in [-0.15, -0.1) is 0 Å². The Balaban J connectivity index is 1.70. The highest BCUT2D eigenvalue weighted by Crippen LogP contribution is 2.48. The maximum Gasteiger partial charge on any atom is 0.205 e. The van der Waals surface area contributed by atoms with E-state index in [9.17, 15) is 5.26 Å². The number of nitriles is 1. The summed E-state index contributed by atoms with van der Waals surface area (Å²) in [6.45, 7) is 0.270.